The monoisotopic (exact) mass is 195 g/mol. The topological polar surface area (TPSA) is 42.7 Å². The summed E-state index contributed by atoms with van der Waals surface area (Å²) in [4.78, 5) is 12.9. The molecule has 4 nitrogen and oxygen atoms in total. The third-order valence-electron chi connectivity index (χ3n) is 2.40. The van der Waals surface area contributed by atoms with Crippen LogP contribution in [0.2, 0.25) is 0 Å². The Balaban J connectivity index is 1.98. The van der Waals surface area contributed by atoms with Gasteiger partial charge in [0.05, 0.1) is 25.0 Å². The first-order valence-electron chi connectivity index (χ1n) is 4.70. The molecule has 2 rings (SSSR count). The van der Waals surface area contributed by atoms with Gasteiger partial charge >= 0.3 is 0 Å². The van der Waals surface area contributed by atoms with Crippen molar-refractivity contribution in [3.05, 3.63) is 23.7 Å². The Labute approximate surface area is 82.4 Å². The van der Waals surface area contributed by atoms with E-state index in [1.54, 1.807) is 6.26 Å². The number of hydrogen-bond donors (Lipinski definition) is 0. The number of nitrogens with zero attached hydrogens (tertiary/aromatic N) is 1. The van der Waals surface area contributed by atoms with Crippen LogP contribution in [0.25, 0.3) is 0 Å². The van der Waals surface area contributed by atoms with Gasteiger partial charge in [0, 0.05) is 25.2 Å². The van der Waals surface area contributed by atoms with Crippen LogP contribution in [0.15, 0.2) is 16.9 Å². The number of morpholine rings is 1. The second-order valence-electron chi connectivity index (χ2n) is 3.36. The summed E-state index contributed by atoms with van der Waals surface area (Å²) in [5.41, 5.74) is 1.61. The molecule has 1 aromatic heterocycles. The molecule has 0 N–H and O–H groups in total. The van der Waals surface area contributed by atoms with E-state index in [9.17, 15) is 4.79 Å². The van der Waals surface area contributed by atoms with Crippen molar-refractivity contribution in [3.8, 4) is 0 Å². The van der Waals surface area contributed by atoms with E-state index in [0.717, 1.165) is 44.7 Å². The maximum Gasteiger partial charge on any atom is 0.153 e. The average Bonchev–Trinajstić information content (AvgIpc) is 2.67. The lowest BCUT2D eigenvalue weighted by Gasteiger charge is -2.26. The highest BCUT2D eigenvalue weighted by Crippen LogP contribution is 2.12. The van der Waals surface area contributed by atoms with Crippen molar-refractivity contribution < 1.29 is 13.9 Å². The van der Waals surface area contributed by atoms with Crippen molar-refractivity contribution in [3.63, 3.8) is 0 Å². The molecule has 0 atom stereocenters. The summed E-state index contributed by atoms with van der Waals surface area (Å²) in [5.74, 6) is 0. The zero-order valence-corrected chi connectivity index (χ0v) is 7.94. The van der Waals surface area contributed by atoms with Crippen LogP contribution in [0.1, 0.15) is 15.9 Å². The number of ether oxygens (including phenoxy) is 1. The molecule has 0 radical (unpaired) electrons. The Kier molecular flexibility index (Phi) is 2.96. The summed E-state index contributed by atoms with van der Waals surface area (Å²) >= 11 is 0. The van der Waals surface area contributed by atoms with Crippen molar-refractivity contribution >= 4 is 6.29 Å². The van der Waals surface area contributed by atoms with Gasteiger partial charge in [-0.25, -0.2) is 0 Å². The maximum absolute atomic E-state index is 10.6. The van der Waals surface area contributed by atoms with Gasteiger partial charge in [-0.2, -0.15) is 0 Å². The molecule has 76 valence electrons. The molecule has 1 aromatic rings. The predicted octanol–water partition coefficient (Wildman–Crippen LogP) is 0.924. The van der Waals surface area contributed by atoms with Crippen LogP contribution in [0.3, 0.4) is 0 Å². The molecule has 1 saturated heterocycles. The Hall–Kier alpha value is -1.13. The molecule has 0 spiro atoms. The molecule has 1 fully saturated rings. The lowest BCUT2D eigenvalue weighted by Crippen LogP contribution is -2.35. The fourth-order valence-corrected chi connectivity index (χ4v) is 1.57. The zero-order chi connectivity index (χ0) is 9.80. The second-order valence-corrected chi connectivity index (χ2v) is 3.36. The normalized spacial score (nSPS) is 18.3. The van der Waals surface area contributed by atoms with Crippen molar-refractivity contribution in [1.82, 2.24) is 4.90 Å². The highest BCUT2D eigenvalue weighted by atomic mass is 16.5. The Morgan fingerprint density at radius 3 is 2.86 bits per heavy atom. The highest BCUT2D eigenvalue weighted by molar-refractivity contribution is 5.76. The molecular formula is C10H13NO3. The number of furan rings is 1. The number of rotatable bonds is 3. The smallest absolute Gasteiger partial charge is 0.153 e. The summed E-state index contributed by atoms with van der Waals surface area (Å²) in [5, 5.41) is 0. The molecule has 0 unspecified atom stereocenters. The highest BCUT2D eigenvalue weighted by Gasteiger charge is 2.13. The van der Waals surface area contributed by atoms with Crippen LogP contribution in [0.4, 0.5) is 0 Å². The lowest BCUT2D eigenvalue weighted by molar-refractivity contribution is 0.0340. The van der Waals surface area contributed by atoms with E-state index < -0.39 is 0 Å². The number of aldehydes is 1. The van der Waals surface area contributed by atoms with Gasteiger partial charge in [-0.3, -0.25) is 9.69 Å². The van der Waals surface area contributed by atoms with E-state index in [2.05, 4.69) is 4.90 Å². The molecule has 1 aliphatic heterocycles. The van der Waals surface area contributed by atoms with Crippen LogP contribution in [-0.2, 0) is 11.3 Å². The minimum atomic E-state index is 0.650. The van der Waals surface area contributed by atoms with Crippen LogP contribution in [-0.4, -0.2) is 37.5 Å². The summed E-state index contributed by atoms with van der Waals surface area (Å²) in [6, 6.07) is 0. The van der Waals surface area contributed by atoms with Crippen LogP contribution in [0, 0.1) is 0 Å². The molecule has 0 amide bonds. The van der Waals surface area contributed by atoms with Crippen LogP contribution < -0.4 is 0 Å². The number of carbonyl (C=O) groups is 1. The van der Waals surface area contributed by atoms with E-state index in [0.29, 0.717) is 5.56 Å². The molecule has 14 heavy (non-hydrogen) atoms. The molecule has 0 saturated carbocycles. The molecule has 4 heteroatoms. The quantitative estimate of drug-likeness (QED) is 0.673. The molecule has 2 heterocycles. The average molecular weight is 195 g/mol. The first-order chi connectivity index (χ1) is 6.90. The van der Waals surface area contributed by atoms with E-state index in [-0.39, 0.29) is 0 Å². The number of carbonyl (C=O) groups excluding carboxylic acids is 1. The van der Waals surface area contributed by atoms with Gasteiger partial charge in [0.2, 0.25) is 0 Å². The largest absolute Gasteiger partial charge is 0.472 e. The summed E-state index contributed by atoms with van der Waals surface area (Å²) in [6.45, 7) is 4.16. The summed E-state index contributed by atoms with van der Waals surface area (Å²) in [6.07, 6.45) is 3.96. The van der Waals surface area contributed by atoms with E-state index in [4.69, 9.17) is 9.15 Å². The van der Waals surface area contributed by atoms with Gasteiger partial charge in [0.15, 0.2) is 6.29 Å². The third-order valence-corrected chi connectivity index (χ3v) is 2.40. The Morgan fingerprint density at radius 2 is 2.14 bits per heavy atom. The molecule has 1 aliphatic rings. The maximum atomic E-state index is 10.6. The molecular weight excluding hydrogens is 182 g/mol. The van der Waals surface area contributed by atoms with E-state index in [1.807, 2.05) is 0 Å². The van der Waals surface area contributed by atoms with Crippen molar-refractivity contribution in [2.45, 2.75) is 6.54 Å². The van der Waals surface area contributed by atoms with Crippen molar-refractivity contribution in [1.29, 1.82) is 0 Å². The van der Waals surface area contributed by atoms with Gasteiger partial charge in [-0.05, 0) is 0 Å². The standard InChI is InChI=1S/C10H13NO3/c12-6-10-8-14-7-9(10)5-11-1-3-13-4-2-11/h6-8H,1-5H2. The fraction of sp³-hybridized carbons (Fsp3) is 0.500. The van der Waals surface area contributed by atoms with Gasteiger partial charge in [0.1, 0.15) is 6.26 Å². The molecule has 0 aliphatic carbocycles. The predicted molar refractivity (Wildman–Crippen MR) is 50.2 cm³/mol. The Morgan fingerprint density at radius 1 is 1.36 bits per heavy atom. The molecule has 0 bridgehead atoms. The third kappa shape index (κ3) is 2.02. The van der Waals surface area contributed by atoms with Gasteiger partial charge < -0.3 is 9.15 Å². The van der Waals surface area contributed by atoms with E-state index in [1.165, 1.54) is 6.26 Å². The van der Waals surface area contributed by atoms with Gasteiger partial charge in [0.25, 0.3) is 0 Å². The second kappa shape index (κ2) is 4.39. The van der Waals surface area contributed by atoms with Gasteiger partial charge in [-0.1, -0.05) is 0 Å². The van der Waals surface area contributed by atoms with E-state index >= 15 is 0 Å². The minimum absolute atomic E-state index is 0.650. The Bertz CT molecular complexity index is 302. The van der Waals surface area contributed by atoms with Crippen molar-refractivity contribution in [2.24, 2.45) is 0 Å². The van der Waals surface area contributed by atoms with Crippen LogP contribution in [0.5, 0.6) is 0 Å². The SMILES string of the molecule is O=Cc1cocc1CN1CCOCC1. The lowest BCUT2D eigenvalue weighted by atomic mass is 10.2. The summed E-state index contributed by atoms with van der Waals surface area (Å²) in [7, 11) is 0. The van der Waals surface area contributed by atoms with Crippen LogP contribution >= 0.6 is 0 Å². The summed E-state index contributed by atoms with van der Waals surface area (Å²) < 4.78 is 10.2. The van der Waals surface area contributed by atoms with Gasteiger partial charge in [-0.15, -0.1) is 0 Å². The number of hydrogen-bond acceptors (Lipinski definition) is 4. The first-order valence-corrected chi connectivity index (χ1v) is 4.70. The van der Waals surface area contributed by atoms with Crippen molar-refractivity contribution in [2.75, 3.05) is 26.3 Å². The fourth-order valence-electron chi connectivity index (χ4n) is 1.57. The minimum Gasteiger partial charge on any atom is -0.472 e. The zero-order valence-electron chi connectivity index (χ0n) is 7.94. The first kappa shape index (κ1) is 9.43. The molecule has 0 aromatic carbocycles.